The zero-order valence-corrected chi connectivity index (χ0v) is 15.0. The predicted octanol–water partition coefficient (Wildman–Crippen LogP) is 4.02. The van der Waals surface area contributed by atoms with Crippen LogP contribution in [0.1, 0.15) is 30.0 Å². The van der Waals surface area contributed by atoms with Crippen LogP contribution in [0.25, 0.3) is 11.5 Å². The van der Waals surface area contributed by atoms with E-state index in [0.29, 0.717) is 11.1 Å². The number of rotatable bonds is 5. The molecule has 0 saturated carbocycles. The van der Waals surface area contributed by atoms with Crippen molar-refractivity contribution in [3.63, 3.8) is 0 Å². The standard InChI is InChI=1S/C20H19N3O2S/c24-18(21-17-12-6-10-14-7-4-5-11-16(14)17)13-26-20-23-22-19(25-20)15-8-2-1-3-9-15/h1-5,7-9,11,17H,6,10,12-13H2,(H,21,24). The van der Waals surface area contributed by atoms with Gasteiger partial charge < -0.3 is 9.73 Å². The Kier molecular flexibility index (Phi) is 5.02. The summed E-state index contributed by atoms with van der Waals surface area (Å²) in [5, 5.41) is 11.6. The fourth-order valence-electron chi connectivity index (χ4n) is 3.23. The SMILES string of the molecule is O=C(CSc1nnc(-c2ccccc2)o1)NC1CCCc2ccccc21. The molecule has 1 aliphatic rings. The van der Waals surface area contributed by atoms with Gasteiger partial charge in [-0.05, 0) is 42.5 Å². The lowest BCUT2D eigenvalue weighted by Gasteiger charge is -2.26. The van der Waals surface area contributed by atoms with E-state index in [1.807, 2.05) is 36.4 Å². The van der Waals surface area contributed by atoms with Gasteiger partial charge in [0, 0.05) is 5.56 Å². The van der Waals surface area contributed by atoms with Crippen LogP contribution in [-0.2, 0) is 11.2 Å². The number of carbonyl (C=O) groups excluding carboxylic acids is 1. The van der Waals surface area contributed by atoms with E-state index in [2.05, 4.69) is 33.7 Å². The highest BCUT2D eigenvalue weighted by Gasteiger charge is 2.21. The second kappa shape index (κ2) is 7.74. The summed E-state index contributed by atoms with van der Waals surface area (Å²) in [6, 6.07) is 18.0. The fourth-order valence-corrected chi connectivity index (χ4v) is 3.81. The van der Waals surface area contributed by atoms with E-state index >= 15 is 0 Å². The number of carbonyl (C=O) groups is 1. The third-order valence-electron chi connectivity index (χ3n) is 4.46. The number of nitrogens with one attached hydrogen (secondary N) is 1. The number of hydrogen-bond donors (Lipinski definition) is 1. The predicted molar refractivity (Wildman–Crippen MR) is 101 cm³/mol. The number of fused-ring (bicyclic) bond motifs is 1. The van der Waals surface area contributed by atoms with Crippen molar-refractivity contribution in [2.24, 2.45) is 0 Å². The second-order valence-electron chi connectivity index (χ2n) is 6.24. The van der Waals surface area contributed by atoms with Gasteiger partial charge in [-0.1, -0.05) is 54.2 Å². The molecule has 132 valence electrons. The second-order valence-corrected chi connectivity index (χ2v) is 7.17. The van der Waals surface area contributed by atoms with Gasteiger partial charge in [-0.3, -0.25) is 4.79 Å². The normalized spacial score (nSPS) is 16.1. The minimum atomic E-state index is -0.0174. The largest absolute Gasteiger partial charge is 0.411 e. The molecule has 1 amide bonds. The number of hydrogen-bond acceptors (Lipinski definition) is 5. The Balaban J connectivity index is 1.35. The van der Waals surface area contributed by atoms with Crippen LogP contribution < -0.4 is 5.32 Å². The molecule has 1 unspecified atom stereocenters. The Morgan fingerprint density at radius 1 is 1.12 bits per heavy atom. The van der Waals surface area contributed by atoms with E-state index < -0.39 is 0 Å². The molecule has 1 N–H and O–H groups in total. The molecule has 5 nitrogen and oxygen atoms in total. The van der Waals surface area contributed by atoms with Crippen molar-refractivity contribution in [2.75, 3.05) is 5.75 Å². The van der Waals surface area contributed by atoms with E-state index in [4.69, 9.17) is 4.42 Å². The monoisotopic (exact) mass is 365 g/mol. The Bertz CT molecular complexity index is 895. The lowest BCUT2D eigenvalue weighted by molar-refractivity contribution is -0.119. The smallest absolute Gasteiger partial charge is 0.277 e. The number of nitrogens with zero attached hydrogens (tertiary/aromatic N) is 2. The first-order chi connectivity index (χ1) is 12.8. The maximum Gasteiger partial charge on any atom is 0.277 e. The van der Waals surface area contributed by atoms with Gasteiger partial charge in [0.05, 0.1) is 11.8 Å². The van der Waals surface area contributed by atoms with E-state index in [9.17, 15) is 4.79 Å². The number of thioether (sulfide) groups is 1. The Labute approximate surface area is 156 Å². The van der Waals surface area contributed by atoms with E-state index in [0.717, 1.165) is 24.8 Å². The summed E-state index contributed by atoms with van der Waals surface area (Å²) >= 11 is 1.26. The molecule has 2 aromatic carbocycles. The lowest BCUT2D eigenvalue weighted by Crippen LogP contribution is -2.32. The van der Waals surface area contributed by atoms with Crippen molar-refractivity contribution in [3.05, 3.63) is 65.7 Å². The van der Waals surface area contributed by atoms with Crippen molar-refractivity contribution in [3.8, 4) is 11.5 Å². The fraction of sp³-hybridized carbons (Fsp3) is 0.250. The molecule has 0 fully saturated rings. The van der Waals surface area contributed by atoms with Gasteiger partial charge in [-0.15, -0.1) is 10.2 Å². The van der Waals surface area contributed by atoms with Gasteiger partial charge in [-0.2, -0.15) is 0 Å². The molecule has 4 rings (SSSR count). The summed E-state index contributed by atoms with van der Waals surface area (Å²) in [7, 11) is 0. The Morgan fingerprint density at radius 3 is 2.81 bits per heavy atom. The number of benzene rings is 2. The molecule has 0 radical (unpaired) electrons. The number of amides is 1. The van der Waals surface area contributed by atoms with Gasteiger partial charge in [0.15, 0.2) is 0 Å². The first kappa shape index (κ1) is 16.8. The zero-order chi connectivity index (χ0) is 17.8. The molecule has 1 atom stereocenters. The molecular weight excluding hydrogens is 346 g/mol. The first-order valence-electron chi connectivity index (χ1n) is 8.68. The van der Waals surface area contributed by atoms with Crippen LogP contribution in [0.3, 0.4) is 0 Å². The van der Waals surface area contributed by atoms with Gasteiger partial charge >= 0.3 is 0 Å². The summed E-state index contributed by atoms with van der Waals surface area (Å²) in [5.41, 5.74) is 3.44. The number of aryl methyl sites for hydroxylation is 1. The summed E-state index contributed by atoms with van der Waals surface area (Å²) in [4.78, 5) is 12.3. The molecule has 0 saturated heterocycles. The summed E-state index contributed by atoms with van der Waals surface area (Å²) < 4.78 is 5.63. The van der Waals surface area contributed by atoms with Gasteiger partial charge in [0.25, 0.3) is 5.22 Å². The molecule has 0 aliphatic heterocycles. The quantitative estimate of drug-likeness (QED) is 0.692. The van der Waals surface area contributed by atoms with E-state index in [-0.39, 0.29) is 17.7 Å². The van der Waals surface area contributed by atoms with Crippen LogP contribution in [0, 0.1) is 0 Å². The molecule has 1 heterocycles. The minimum absolute atomic E-state index is 0.0174. The maximum atomic E-state index is 12.3. The molecule has 1 aliphatic carbocycles. The van der Waals surface area contributed by atoms with Crippen molar-refractivity contribution in [2.45, 2.75) is 30.5 Å². The van der Waals surface area contributed by atoms with Crippen molar-refractivity contribution in [1.29, 1.82) is 0 Å². The molecule has 1 aromatic heterocycles. The maximum absolute atomic E-state index is 12.3. The van der Waals surface area contributed by atoms with Crippen molar-refractivity contribution < 1.29 is 9.21 Å². The van der Waals surface area contributed by atoms with Crippen LogP contribution in [0.2, 0.25) is 0 Å². The molecule has 0 spiro atoms. The molecular formula is C20H19N3O2S. The molecule has 0 bridgehead atoms. The van der Waals surface area contributed by atoms with Crippen molar-refractivity contribution in [1.82, 2.24) is 15.5 Å². The summed E-state index contributed by atoms with van der Waals surface area (Å²) in [6.07, 6.45) is 3.16. The summed E-state index contributed by atoms with van der Waals surface area (Å²) in [6.45, 7) is 0. The van der Waals surface area contributed by atoms with E-state index in [1.54, 1.807) is 0 Å². The third kappa shape index (κ3) is 3.80. The molecule has 6 heteroatoms. The average molecular weight is 365 g/mol. The highest BCUT2D eigenvalue weighted by Crippen LogP contribution is 2.29. The number of aromatic nitrogens is 2. The van der Waals surface area contributed by atoms with Crippen LogP contribution in [0.4, 0.5) is 0 Å². The van der Waals surface area contributed by atoms with Gasteiger partial charge in [0.2, 0.25) is 11.8 Å². The topological polar surface area (TPSA) is 68.0 Å². The van der Waals surface area contributed by atoms with E-state index in [1.165, 1.54) is 22.9 Å². The molecule has 26 heavy (non-hydrogen) atoms. The Hall–Kier alpha value is -2.60. The lowest BCUT2D eigenvalue weighted by atomic mass is 9.88. The van der Waals surface area contributed by atoms with Crippen molar-refractivity contribution >= 4 is 17.7 Å². The Morgan fingerprint density at radius 2 is 1.92 bits per heavy atom. The van der Waals surface area contributed by atoms with Crippen LogP contribution >= 0.6 is 11.8 Å². The van der Waals surface area contributed by atoms with Gasteiger partial charge in [-0.25, -0.2) is 0 Å². The van der Waals surface area contributed by atoms with Gasteiger partial charge in [0.1, 0.15) is 0 Å². The zero-order valence-electron chi connectivity index (χ0n) is 14.2. The van der Waals surface area contributed by atoms with Crippen LogP contribution in [0.15, 0.2) is 64.2 Å². The molecule has 3 aromatic rings. The third-order valence-corrected chi connectivity index (χ3v) is 5.28. The van der Waals surface area contributed by atoms with Crippen LogP contribution in [-0.4, -0.2) is 21.9 Å². The average Bonchev–Trinajstić information content (AvgIpc) is 3.17. The van der Waals surface area contributed by atoms with Crippen LogP contribution in [0.5, 0.6) is 0 Å². The highest BCUT2D eigenvalue weighted by molar-refractivity contribution is 7.99. The minimum Gasteiger partial charge on any atom is -0.411 e. The summed E-state index contributed by atoms with van der Waals surface area (Å²) in [5.74, 6) is 0.709. The first-order valence-corrected chi connectivity index (χ1v) is 9.67. The highest BCUT2D eigenvalue weighted by atomic mass is 32.2.